The molecule has 0 aliphatic carbocycles. The Bertz CT molecular complexity index is 693. The van der Waals surface area contributed by atoms with Crippen LogP contribution in [0.5, 0.6) is 0 Å². The highest BCUT2D eigenvalue weighted by atomic mass is 16.5. The van der Waals surface area contributed by atoms with E-state index in [1.54, 1.807) is 4.90 Å². The number of carbonyl (C=O) groups is 2. The lowest BCUT2D eigenvalue weighted by Gasteiger charge is -2.35. The molecule has 0 unspecified atom stereocenters. The van der Waals surface area contributed by atoms with Crippen LogP contribution in [0.2, 0.25) is 0 Å². The molecule has 2 atom stereocenters. The Balaban J connectivity index is 1.94. The van der Waals surface area contributed by atoms with Gasteiger partial charge in [-0.05, 0) is 32.4 Å². The molecule has 132 valence electrons. The van der Waals surface area contributed by atoms with Gasteiger partial charge in [-0.2, -0.15) is 5.26 Å². The standard InChI is InChI=1S/C19H22N2O4/c1-13-4-6-16(7-5-13)8-17(9-20)19(23)24-12-18(22)21-10-14(2)25-15(3)11-21/h4-8,14-15H,10-12H2,1-3H3/b17-8+/t14-,15+. The third-order valence-electron chi connectivity index (χ3n) is 3.83. The molecule has 0 radical (unpaired) electrons. The number of nitriles is 1. The SMILES string of the molecule is Cc1ccc(/C=C(\C#N)C(=O)OCC(=O)N2C[C@@H](C)O[C@@H](C)C2)cc1. The molecule has 1 aliphatic heterocycles. The summed E-state index contributed by atoms with van der Waals surface area (Å²) in [4.78, 5) is 25.9. The molecule has 1 aromatic carbocycles. The summed E-state index contributed by atoms with van der Waals surface area (Å²) in [6.07, 6.45) is 1.34. The first-order valence-corrected chi connectivity index (χ1v) is 8.18. The number of benzene rings is 1. The van der Waals surface area contributed by atoms with Crippen molar-refractivity contribution < 1.29 is 19.1 Å². The highest BCUT2D eigenvalue weighted by Crippen LogP contribution is 2.12. The number of rotatable bonds is 4. The van der Waals surface area contributed by atoms with E-state index in [1.807, 2.05) is 51.1 Å². The molecule has 0 saturated carbocycles. The number of carbonyl (C=O) groups excluding carboxylic acids is 2. The van der Waals surface area contributed by atoms with Gasteiger partial charge in [-0.3, -0.25) is 4.79 Å². The van der Waals surface area contributed by atoms with E-state index in [1.165, 1.54) is 6.08 Å². The first-order chi connectivity index (χ1) is 11.9. The van der Waals surface area contributed by atoms with Gasteiger partial charge in [-0.1, -0.05) is 29.8 Å². The fraction of sp³-hybridized carbons (Fsp3) is 0.421. The van der Waals surface area contributed by atoms with Gasteiger partial charge < -0.3 is 14.4 Å². The van der Waals surface area contributed by atoms with E-state index in [4.69, 9.17) is 14.7 Å². The van der Waals surface area contributed by atoms with Crippen molar-refractivity contribution in [1.29, 1.82) is 5.26 Å². The summed E-state index contributed by atoms with van der Waals surface area (Å²) < 4.78 is 10.6. The topological polar surface area (TPSA) is 79.6 Å². The molecule has 1 aliphatic rings. The summed E-state index contributed by atoms with van der Waals surface area (Å²) in [6.45, 7) is 6.27. The Kier molecular flexibility index (Phi) is 6.31. The molecule has 1 amide bonds. The number of hydrogen-bond acceptors (Lipinski definition) is 5. The van der Waals surface area contributed by atoms with Crippen LogP contribution in [-0.4, -0.2) is 48.7 Å². The zero-order chi connectivity index (χ0) is 18.4. The molecular weight excluding hydrogens is 320 g/mol. The van der Waals surface area contributed by atoms with Crippen LogP contribution >= 0.6 is 0 Å². The van der Waals surface area contributed by atoms with E-state index in [0.29, 0.717) is 13.1 Å². The summed E-state index contributed by atoms with van der Waals surface area (Å²) in [6, 6.07) is 9.21. The van der Waals surface area contributed by atoms with Crippen molar-refractivity contribution in [1.82, 2.24) is 4.90 Å². The number of amides is 1. The third-order valence-corrected chi connectivity index (χ3v) is 3.83. The largest absolute Gasteiger partial charge is 0.451 e. The first-order valence-electron chi connectivity index (χ1n) is 8.18. The van der Waals surface area contributed by atoms with Crippen molar-refractivity contribution >= 4 is 18.0 Å². The Morgan fingerprint density at radius 1 is 1.28 bits per heavy atom. The van der Waals surface area contributed by atoms with Crippen molar-refractivity contribution in [2.45, 2.75) is 33.0 Å². The zero-order valence-electron chi connectivity index (χ0n) is 14.7. The van der Waals surface area contributed by atoms with Crippen LogP contribution < -0.4 is 0 Å². The van der Waals surface area contributed by atoms with Gasteiger partial charge in [-0.15, -0.1) is 0 Å². The van der Waals surface area contributed by atoms with Gasteiger partial charge in [0.05, 0.1) is 12.2 Å². The van der Waals surface area contributed by atoms with Gasteiger partial charge in [0.25, 0.3) is 5.91 Å². The van der Waals surface area contributed by atoms with Crippen LogP contribution in [0.15, 0.2) is 29.8 Å². The van der Waals surface area contributed by atoms with Crippen LogP contribution in [0.1, 0.15) is 25.0 Å². The molecule has 0 spiro atoms. The second kappa shape index (κ2) is 8.45. The van der Waals surface area contributed by atoms with Gasteiger partial charge in [-0.25, -0.2) is 4.79 Å². The number of hydrogen-bond donors (Lipinski definition) is 0. The van der Waals surface area contributed by atoms with Crippen molar-refractivity contribution in [2.24, 2.45) is 0 Å². The molecule has 25 heavy (non-hydrogen) atoms. The summed E-state index contributed by atoms with van der Waals surface area (Å²) >= 11 is 0. The summed E-state index contributed by atoms with van der Waals surface area (Å²) in [5, 5.41) is 9.16. The van der Waals surface area contributed by atoms with Crippen molar-refractivity contribution in [3.8, 4) is 6.07 Å². The number of esters is 1. The average Bonchev–Trinajstić information content (AvgIpc) is 2.58. The molecule has 1 aromatic rings. The van der Waals surface area contributed by atoms with Crippen molar-refractivity contribution in [3.63, 3.8) is 0 Å². The van der Waals surface area contributed by atoms with E-state index >= 15 is 0 Å². The maximum absolute atomic E-state index is 12.2. The van der Waals surface area contributed by atoms with E-state index < -0.39 is 5.97 Å². The Labute approximate surface area is 147 Å². The highest BCUT2D eigenvalue weighted by Gasteiger charge is 2.26. The third kappa shape index (κ3) is 5.44. The molecule has 6 heteroatoms. The number of morpholine rings is 1. The normalized spacial score (nSPS) is 20.7. The Morgan fingerprint density at radius 3 is 2.44 bits per heavy atom. The van der Waals surface area contributed by atoms with E-state index in [0.717, 1.165) is 11.1 Å². The summed E-state index contributed by atoms with van der Waals surface area (Å²) in [5.41, 5.74) is 1.67. The summed E-state index contributed by atoms with van der Waals surface area (Å²) in [5.74, 6) is -1.09. The second-order valence-electron chi connectivity index (χ2n) is 6.21. The highest BCUT2D eigenvalue weighted by molar-refractivity contribution is 5.98. The molecule has 0 N–H and O–H groups in total. The minimum atomic E-state index is -0.800. The van der Waals surface area contributed by atoms with Gasteiger partial charge in [0.2, 0.25) is 0 Å². The minimum Gasteiger partial charge on any atom is -0.451 e. The molecule has 1 fully saturated rings. The van der Waals surface area contributed by atoms with Gasteiger partial charge in [0.1, 0.15) is 11.6 Å². The number of aryl methyl sites for hydroxylation is 1. The van der Waals surface area contributed by atoms with Crippen LogP contribution in [0, 0.1) is 18.3 Å². The lowest BCUT2D eigenvalue weighted by molar-refractivity contribution is -0.154. The van der Waals surface area contributed by atoms with Gasteiger partial charge >= 0.3 is 5.97 Å². The Morgan fingerprint density at radius 2 is 1.88 bits per heavy atom. The quantitative estimate of drug-likeness (QED) is 0.475. The zero-order valence-corrected chi connectivity index (χ0v) is 14.7. The van der Waals surface area contributed by atoms with Gasteiger partial charge in [0.15, 0.2) is 6.61 Å². The second-order valence-corrected chi connectivity index (χ2v) is 6.21. The van der Waals surface area contributed by atoms with E-state index in [2.05, 4.69) is 0 Å². The smallest absolute Gasteiger partial charge is 0.349 e. The van der Waals surface area contributed by atoms with Crippen LogP contribution in [0.25, 0.3) is 6.08 Å². The van der Waals surface area contributed by atoms with E-state index in [-0.39, 0.29) is 30.3 Å². The molecule has 1 saturated heterocycles. The maximum atomic E-state index is 12.2. The van der Waals surface area contributed by atoms with Crippen molar-refractivity contribution in [3.05, 3.63) is 41.0 Å². The lowest BCUT2D eigenvalue weighted by atomic mass is 10.1. The molecule has 0 bridgehead atoms. The monoisotopic (exact) mass is 342 g/mol. The fourth-order valence-corrected chi connectivity index (χ4v) is 2.64. The molecular formula is C19H22N2O4. The van der Waals surface area contributed by atoms with Crippen LogP contribution in [0.3, 0.4) is 0 Å². The Hall–Kier alpha value is -2.65. The fourth-order valence-electron chi connectivity index (χ4n) is 2.64. The van der Waals surface area contributed by atoms with Crippen LogP contribution in [-0.2, 0) is 19.1 Å². The average molecular weight is 342 g/mol. The first kappa shape index (κ1) is 18.7. The molecule has 2 rings (SSSR count). The molecule has 6 nitrogen and oxygen atoms in total. The predicted molar refractivity (Wildman–Crippen MR) is 92.3 cm³/mol. The maximum Gasteiger partial charge on any atom is 0.349 e. The lowest BCUT2D eigenvalue weighted by Crippen LogP contribution is -2.49. The van der Waals surface area contributed by atoms with Crippen molar-refractivity contribution in [2.75, 3.05) is 19.7 Å². The van der Waals surface area contributed by atoms with Gasteiger partial charge in [0, 0.05) is 13.1 Å². The van der Waals surface area contributed by atoms with Crippen LogP contribution in [0.4, 0.5) is 0 Å². The molecule has 0 aromatic heterocycles. The number of nitrogens with zero attached hydrogens (tertiary/aromatic N) is 2. The molecule has 1 heterocycles. The minimum absolute atomic E-state index is 0.0560. The predicted octanol–water partition coefficient (Wildman–Crippen LogP) is 2.08. The number of ether oxygens (including phenoxy) is 2. The van der Waals surface area contributed by atoms with E-state index in [9.17, 15) is 9.59 Å². The summed E-state index contributed by atoms with van der Waals surface area (Å²) in [7, 11) is 0.